The van der Waals surface area contributed by atoms with Gasteiger partial charge in [-0.25, -0.2) is 13.4 Å². The molecule has 6 atom stereocenters. The summed E-state index contributed by atoms with van der Waals surface area (Å²) in [5, 5.41) is 10.9. The molecule has 1 aliphatic rings. The number of rotatable bonds is 9. The van der Waals surface area contributed by atoms with E-state index in [2.05, 4.69) is 18.8 Å². The quantitative estimate of drug-likeness (QED) is 0.179. The second-order valence-electron chi connectivity index (χ2n) is 6.95. The third-order valence-corrected chi connectivity index (χ3v) is 6.84. The number of anilines is 1. The van der Waals surface area contributed by atoms with Crippen molar-refractivity contribution in [3.05, 3.63) is 16.7 Å². The zero-order valence-corrected chi connectivity index (χ0v) is 18.7. The lowest BCUT2D eigenvalue weighted by Crippen LogP contribution is -2.45. The first-order valence-corrected chi connectivity index (χ1v) is 12.2. The van der Waals surface area contributed by atoms with E-state index in [0.29, 0.717) is 6.61 Å². The van der Waals surface area contributed by atoms with Gasteiger partial charge >= 0.3 is 13.5 Å². The highest BCUT2D eigenvalue weighted by molar-refractivity contribution is 7.60. The molecule has 16 nitrogen and oxygen atoms in total. The van der Waals surface area contributed by atoms with Crippen molar-refractivity contribution in [2.45, 2.75) is 25.4 Å². The molecule has 0 saturated carbocycles. The summed E-state index contributed by atoms with van der Waals surface area (Å²) in [7, 11) is -9.17. The predicted molar refractivity (Wildman–Crippen MR) is 103 cm³/mol. The van der Waals surface area contributed by atoms with Crippen LogP contribution in [0.2, 0.25) is 0 Å². The van der Waals surface area contributed by atoms with Crippen LogP contribution in [-0.2, 0) is 34.5 Å². The van der Waals surface area contributed by atoms with Crippen LogP contribution >= 0.6 is 15.6 Å². The molecule has 3 rings (SSSR count). The Balaban J connectivity index is 1.90. The lowest BCUT2D eigenvalue weighted by molar-refractivity contribution is -0.745. The van der Waals surface area contributed by atoms with Gasteiger partial charge in [-0.2, -0.15) is 0 Å². The van der Waals surface area contributed by atoms with Crippen molar-refractivity contribution in [2.24, 2.45) is 13.0 Å². The van der Waals surface area contributed by atoms with E-state index < -0.39 is 52.2 Å². The highest BCUT2D eigenvalue weighted by Crippen LogP contribution is 2.55. The Morgan fingerprint density at radius 2 is 2.09 bits per heavy atom. The van der Waals surface area contributed by atoms with E-state index in [9.17, 15) is 28.8 Å². The SMILES string of the molecule is CCOC[C@H]1[C@@H](O)[C@H]([n+]2cn(C)c3c(=O)[nH]c(N)nc32)O[C@@H]1COP(=O)(O)OP(=O)([O-])O. The summed E-state index contributed by atoms with van der Waals surface area (Å²) in [4.78, 5) is 47.5. The minimum absolute atomic E-state index is 0.0414. The van der Waals surface area contributed by atoms with E-state index in [4.69, 9.17) is 20.1 Å². The summed E-state index contributed by atoms with van der Waals surface area (Å²) < 4.78 is 44.7. The van der Waals surface area contributed by atoms with Gasteiger partial charge in [-0.05, 0) is 6.92 Å². The lowest BCUT2D eigenvalue weighted by Gasteiger charge is -2.22. The zero-order valence-electron chi connectivity index (χ0n) is 16.9. The van der Waals surface area contributed by atoms with Crippen molar-refractivity contribution < 1.29 is 51.8 Å². The predicted octanol–water partition coefficient (Wildman–Crippen LogP) is -2.36. The van der Waals surface area contributed by atoms with Crippen LogP contribution in [0.25, 0.3) is 11.2 Å². The monoisotopic (exact) mass is 499 g/mol. The fraction of sp³-hybridized carbons (Fsp3) is 0.643. The van der Waals surface area contributed by atoms with Crippen molar-refractivity contribution in [1.82, 2.24) is 14.5 Å². The summed E-state index contributed by atoms with van der Waals surface area (Å²) in [5.41, 5.74) is 5.37. The molecule has 1 fully saturated rings. The normalized spacial score (nSPS) is 27.4. The van der Waals surface area contributed by atoms with Crippen LogP contribution in [0.1, 0.15) is 13.2 Å². The van der Waals surface area contributed by atoms with Gasteiger partial charge in [0.2, 0.25) is 11.7 Å². The van der Waals surface area contributed by atoms with Crippen LogP contribution in [0.4, 0.5) is 5.95 Å². The maximum atomic E-state index is 12.2. The average molecular weight is 499 g/mol. The number of phosphoric ester groups is 1. The number of aliphatic hydroxyl groups is 1. The minimum atomic E-state index is -5.55. The molecule has 0 radical (unpaired) electrons. The molecule has 0 amide bonds. The van der Waals surface area contributed by atoms with Gasteiger partial charge in [0, 0.05) is 12.5 Å². The number of aromatic amines is 1. The largest absolute Gasteiger partial charge is 0.756 e. The number of aliphatic hydroxyl groups excluding tert-OH is 1. The van der Waals surface area contributed by atoms with Gasteiger partial charge in [-0.3, -0.25) is 23.4 Å². The molecule has 3 heterocycles. The van der Waals surface area contributed by atoms with Crippen LogP contribution in [-0.4, -0.2) is 61.5 Å². The summed E-state index contributed by atoms with van der Waals surface area (Å²) in [6.45, 7) is 1.27. The van der Waals surface area contributed by atoms with Crippen molar-refractivity contribution in [3.8, 4) is 0 Å². The molecule has 1 aliphatic heterocycles. The number of hydrogen-bond donors (Lipinski definition) is 5. The van der Waals surface area contributed by atoms with Crippen LogP contribution in [0.3, 0.4) is 0 Å². The topological polar surface area (TPSA) is 235 Å². The molecule has 0 aromatic carbocycles. The Hall–Kier alpha value is -1.71. The number of aryl methyl sites for hydroxylation is 1. The molecule has 18 heteroatoms. The number of nitrogen functional groups attached to an aromatic ring is 1. The number of H-pyrrole nitrogens is 1. The van der Waals surface area contributed by atoms with E-state index >= 15 is 0 Å². The molecule has 0 bridgehead atoms. The smallest absolute Gasteiger partial charge is 0.478 e. The van der Waals surface area contributed by atoms with Gasteiger partial charge in [0.05, 0.1) is 26.4 Å². The highest BCUT2D eigenvalue weighted by Gasteiger charge is 2.48. The summed E-state index contributed by atoms with van der Waals surface area (Å²) in [6.07, 6.45) is -2.01. The van der Waals surface area contributed by atoms with Crippen LogP contribution in [0.5, 0.6) is 0 Å². The summed E-state index contributed by atoms with van der Waals surface area (Å²) in [6, 6.07) is 0. The molecule has 0 spiro atoms. The first-order valence-electron chi connectivity index (χ1n) is 9.22. The number of aromatic nitrogens is 4. The Bertz CT molecular complexity index is 1130. The van der Waals surface area contributed by atoms with Crippen molar-refractivity contribution in [2.75, 3.05) is 25.6 Å². The average Bonchev–Trinajstić information content (AvgIpc) is 3.13. The molecule has 1 saturated heterocycles. The molecule has 2 aromatic heterocycles. The van der Waals surface area contributed by atoms with Crippen molar-refractivity contribution in [3.63, 3.8) is 0 Å². The number of fused-ring (bicyclic) bond motifs is 1. The number of nitrogens with zero attached hydrogens (tertiary/aromatic N) is 3. The second kappa shape index (κ2) is 9.27. The highest BCUT2D eigenvalue weighted by atomic mass is 31.3. The molecule has 32 heavy (non-hydrogen) atoms. The Kier molecular flexibility index (Phi) is 7.22. The van der Waals surface area contributed by atoms with Crippen LogP contribution in [0.15, 0.2) is 11.1 Å². The van der Waals surface area contributed by atoms with E-state index in [-0.39, 0.29) is 23.7 Å². The van der Waals surface area contributed by atoms with Gasteiger partial charge in [0.25, 0.3) is 19.3 Å². The molecule has 0 aliphatic carbocycles. The molecule has 2 aromatic rings. The summed E-state index contributed by atoms with van der Waals surface area (Å²) in [5.74, 6) is -0.958. The van der Waals surface area contributed by atoms with E-state index in [1.807, 2.05) is 0 Å². The number of ether oxygens (including phenoxy) is 2. The maximum Gasteiger partial charge on any atom is 0.478 e. The lowest BCUT2D eigenvalue weighted by atomic mass is 9.99. The van der Waals surface area contributed by atoms with E-state index in [1.54, 1.807) is 14.0 Å². The fourth-order valence-corrected chi connectivity index (χ4v) is 4.99. The van der Waals surface area contributed by atoms with E-state index in [1.165, 1.54) is 15.5 Å². The molecule has 2 unspecified atom stereocenters. The Morgan fingerprint density at radius 1 is 1.41 bits per heavy atom. The fourth-order valence-electron chi connectivity index (χ4n) is 3.42. The third-order valence-electron chi connectivity index (χ3n) is 4.71. The van der Waals surface area contributed by atoms with Crippen LogP contribution in [0, 0.1) is 5.92 Å². The molecular weight excluding hydrogens is 476 g/mol. The number of imidazole rings is 1. The van der Waals surface area contributed by atoms with Gasteiger partial charge in [0.1, 0.15) is 6.10 Å². The summed E-state index contributed by atoms with van der Waals surface area (Å²) >= 11 is 0. The van der Waals surface area contributed by atoms with Gasteiger partial charge in [-0.15, -0.1) is 0 Å². The Morgan fingerprint density at radius 3 is 2.72 bits per heavy atom. The van der Waals surface area contributed by atoms with Gasteiger partial charge < -0.3 is 35.0 Å². The van der Waals surface area contributed by atoms with Gasteiger partial charge in [-0.1, -0.05) is 4.98 Å². The molecular formula is C14H23N5O11P2. The van der Waals surface area contributed by atoms with Gasteiger partial charge in [0.15, 0.2) is 6.33 Å². The minimum Gasteiger partial charge on any atom is -0.756 e. The Labute approximate surface area is 180 Å². The molecule has 180 valence electrons. The number of nitrogens with two attached hydrogens (primary N) is 1. The first-order chi connectivity index (χ1) is 14.8. The van der Waals surface area contributed by atoms with Crippen molar-refractivity contribution >= 4 is 32.8 Å². The van der Waals surface area contributed by atoms with Crippen molar-refractivity contribution in [1.29, 1.82) is 0 Å². The molecule has 6 N–H and O–H groups in total. The second-order valence-corrected chi connectivity index (χ2v) is 9.74. The standard InChI is InChI=1S/C14H23N5O11P2/c1-3-27-4-7-8(5-28-32(25,26)30-31(22,23)24)29-13(10(7)20)19-6-18(2)9-11(19)16-14(15)17-12(9)21/h6-8,10,13,20H,3-5H2,1-2H3,(H5-,15,16,17,21,22,23,24,25,26)/t7-,8-,10-,13-/m1/s1. The number of hydrogen-bond acceptors (Lipinski definition) is 11. The maximum absolute atomic E-state index is 12.2. The third kappa shape index (κ3) is 5.43. The van der Waals surface area contributed by atoms with E-state index in [0.717, 1.165) is 0 Å². The van der Waals surface area contributed by atoms with Crippen LogP contribution < -0.4 is 20.8 Å². The number of phosphoric acid groups is 2. The first kappa shape index (κ1) is 24.9. The zero-order chi connectivity index (χ0) is 23.8. The number of nitrogens with one attached hydrogen (secondary N) is 1.